The minimum atomic E-state index is -3.18. The van der Waals surface area contributed by atoms with Gasteiger partial charge in [-0.3, -0.25) is 0 Å². The fourth-order valence-corrected chi connectivity index (χ4v) is 3.22. The van der Waals surface area contributed by atoms with Crippen LogP contribution in [0.3, 0.4) is 0 Å². The summed E-state index contributed by atoms with van der Waals surface area (Å²) in [5, 5.41) is 0. The Hall–Kier alpha value is -0.170. The maximum absolute atomic E-state index is 11.7. The fraction of sp³-hybridized carbons (Fsp3) is 1.00. The van der Waals surface area contributed by atoms with Gasteiger partial charge in [-0.05, 0) is 13.3 Å². The first-order valence-electron chi connectivity index (χ1n) is 4.72. The van der Waals surface area contributed by atoms with Crippen molar-refractivity contribution in [3.8, 4) is 0 Å². The molecule has 0 bridgehead atoms. The molecule has 1 unspecified atom stereocenters. The number of hydrogen-bond donors (Lipinski definition) is 1. The van der Waals surface area contributed by atoms with Crippen LogP contribution in [0.25, 0.3) is 0 Å². The van der Waals surface area contributed by atoms with Gasteiger partial charge in [0, 0.05) is 26.2 Å². The van der Waals surface area contributed by atoms with Crippen molar-refractivity contribution in [1.29, 1.82) is 0 Å². The van der Waals surface area contributed by atoms with Crippen molar-refractivity contribution in [2.75, 3.05) is 26.0 Å². The van der Waals surface area contributed by atoms with E-state index < -0.39 is 10.0 Å². The summed E-state index contributed by atoms with van der Waals surface area (Å²) >= 11 is 0. The molecule has 14 heavy (non-hydrogen) atoms. The van der Waals surface area contributed by atoms with Crippen molar-refractivity contribution < 1.29 is 13.2 Å². The Bertz CT molecular complexity index is 278. The Morgan fingerprint density at radius 3 is 2.71 bits per heavy atom. The molecule has 1 aliphatic rings. The minimum absolute atomic E-state index is 0.0115. The van der Waals surface area contributed by atoms with E-state index in [1.54, 1.807) is 6.92 Å². The van der Waals surface area contributed by atoms with Gasteiger partial charge in [0.25, 0.3) is 0 Å². The van der Waals surface area contributed by atoms with E-state index >= 15 is 0 Å². The summed E-state index contributed by atoms with van der Waals surface area (Å²) in [4.78, 5) is 0. The van der Waals surface area contributed by atoms with Crippen molar-refractivity contribution in [3.63, 3.8) is 0 Å². The third-order valence-electron chi connectivity index (χ3n) is 2.43. The second kappa shape index (κ2) is 4.57. The van der Waals surface area contributed by atoms with E-state index in [0.29, 0.717) is 13.1 Å². The Labute approximate surface area is 85.3 Å². The molecule has 1 heterocycles. The quantitative estimate of drug-likeness (QED) is 0.688. The zero-order valence-corrected chi connectivity index (χ0v) is 9.46. The van der Waals surface area contributed by atoms with Gasteiger partial charge in [0.2, 0.25) is 10.0 Å². The van der Waals surface area contributed by atoms with Crippen molar-refractivity contribution in [3.05, 3.63) is 0 Å². The average molecular weight is 222 g/mol. The van der Waals surface area contributed by atoms with Crippen LogP contribution >= 0.6 is 0 Å². The number of nitrogens with zero attached hydrogens (tertiary/aromatic N) is 1. The lowest BCUT2D eigenvalue weighted by atomic mass is 10.3. The Morgan fingerprint density at radius 2 is 2.29 bits per heavy atom. The van der Waals surface area contributed by atoms with Crippen molar-refractivity contribution in [1.82, 2.24) is 4.31 Å². The molecule has 0 aromatic rings. The van der Waals surface area contributed by atoms with Crippen LogP contribution in [0.5, 0.6) is 0 Å². The van der Waals surface area contributed by atoms with Gasteiger partial charge in [-0.15, -0.1) is 0 Å². The molecule has 5 nitrogen and oxygen atoms in total. The van der Waals surface area contributed by atoms with Gasteiger partial charge in [0.1, 0.15) is 0 Å². The van der Waals surface area contributed by atoms with E-state index in [1.165, 1.54) is 11.4 Å². The SMILES string of the molecule is COC(C)CS(=O)(=O)N1CC[C@@H](N)C1. The molecule has 84 valence electrons. The second-order valence-electron chi connectivity index (χ2n) is 3.73. The number of nitrogens with two attached hydrogens (primary N) is 1. The lowest BCUT2D eigenvalue weighted by molar-refractivity contribution is 0.135. The number of hydrogen-bond acceptors (Lipinski definition) is 4. The smallest absolute Gasteiger partial charge is 0.216 e. The molecule has 1 rings (SSSR count). The average Bonchev–Trinajstić information content (AvgIpc) is 2.51. The molecule has 0 amide bonds. The normalized spacial score (nSPS) is 26.6. The second-order valence-corrected chi connectivity index (χ2v) is 5.75. The number of ether oxygens (including phenoxy) is 1. The maximum Gasteiger partial charge on any atom is 0.216 e. The van der Waals surface area contributed by atoms with Crippen LogP contribution in [-0.4, -0.2) is 50.8 Å². The molecular formula is C8H18N2O3S. The number of methoxy groups -OCH3 is 1. The Morgan fingerprint density at radius 1 is 1.64 bits per heavy atom. The number of rotatable bonds is 4. The molecule has 0 radical (unpaired) electrons. The predicted octanol–water partition coefficient (Wildman–Crippen LogP) is -0.616. The summed E-state index contributed by atoms with van der Waals surface area (Å²) in [5.41, 5.74) is 5.65. The molecule has 0 spiro atoms. The molecule has 0 saturated carbocycles. The molecule has 0 aromatic heterocycles. The van der Waals surface area contributed by atoms with E-state index in [9.17, 15) is 8.42 Å². The molecule has 2 atom stereocenters. The van der Waals surface area contributed by atoms with Crippen molar-refractivity contribution in [2.24, 2.45) is 5.73 Å². The van der Waals surface area contributed by atoms with Gasteiger partial charge in [0.15, 0.2) is 0 Å². The molecule has 2 N–H and O–H groups in total. The molecule has 1 fully saturated rings. The highest BCUT2D eigenvalue weighted by Gasteiger charge is 2.30. The van der Waals surface area contributed by atoms with E-state index in [4.69, 9.17) is 10.5 Å². The van der Waals surface area contributed by atoms with Crippen LogP contribution in [-0.2, 0) is 14.8 Å². The first kappa shape index (κ1) is 11.9. The summed E-state index contributed by atoms with van der Waals surface area (Å²) in [6.45, 7) is 2.73. The van der Waals surface area contributed by atoms with Crippen molar-refractivity contribution >= 4 is 10.0 Å². The first-order chi connectivity index (χ1) is 6.45. The van der Waals surface area contributed by atoms with Crippen LogP contribution in [0.4, 0.5) is 0 Å². The van der Waals surface area contributed by atoms with Gasteiger partial charge in [-0.1, -0.05) is 0 Å². The van der Waals surface area contributed by atoms with Gasteiger partial charge < -0.3 is 10.5 Å². The standard InChI is InChI=1S/C8H18N2O3S/c1-7(13-2)6-14(11,12)10-4-3-8(9)5-10/h7-8H,3-6,9H2,1-2H3/t7?,8-/m1/s1. The summed E-state index contributed by atoms with van der Waals surface area (Å²) in [7, 11) is -1.67. The van der Waals surface area contributed by atoms with E-state index in [1.807, 2.05) is 0 Å². The molecule has 0 aromatic carbocycles. The van der Waals surface area contributed by atoms with E-state index in [-0.39, 0.29) is 17.9 Å². The van der Waals surface area contributed by atoms with Crippen LogP contribution in [0.2, 0.25) is 0 Å². The monoisotopic (exact) mass is 222 g/mol. The van der Waals surface area contributed by atoms with Crippen LogP contribution < -0.4 is 5.73 Å². The van der Waals surface area contributed by atoms with Gasteiger partial charge in [0.05, 0.1) is 11.9 Å². The van der Waals surface area contributed by atoms with Crippen LogP contribution in [0.15, 0.2) is 0 Å². The lowest BCUT2D eigenvalue weighted by Crippen LogP contribution is -2.36. The topological polar surface area (TPSA) is 72.6 Å². The molecule has 1 saturated heterocycles. The fourth-order valence-electron chi connectivity index (χ4n) is 1.48. The largest absolute Gasteiger partial charge is 0.381 e. The summed E-state index contributed by atoms with van der Waals surface area (Å²) in [6.07, 6.45) is 0.484. The van der Waals surface area contributed by atoms with Gasteiger partial charge in [-0.2, -0.15) is 0 Å². The van der Waals surface area contributed by atoms with E-state index in [0.717, 1.165) is 6.42 Å². The molecular weight excluding hydrogens is 204 g/mol. The zero-order chi connectivity index (χ0) is 10.8. The Kier molecular flexibility index (Phi) is 3.88. The molecule has 6 heteroatoms. The third-order valence-corrected chi connectivity index (χ3v) is 4.44. The minimum Gasteiger partial charge on any atom is -0.381 e. The Balaban J connectivity index is 2.57. The highest BCUT2D eigenvalue weighted by atomic mass is 32.2. The van der Waals surface area contributed by atoms with Crippen LogP contribution in [0, 0.1) is 0 Å². The van der Waals surface area contributed by atoms with E-state index in [2.05, 4.69) is 0 Å². The highest BCUT2D eigenvalue weighted by molar-refractivity contribution is 7.89. The first-order valence-corrected chi connectivity index (χ1v) is 6.33. The molecule has 1 aliphatic heterocycles. The summed E-state index contributed by atoms with van der Waals surface area (Å²) in [6, 6.07) is -0.0115. The lowest BCUT2D eigenvalue weighted by Gasteiger charge is -2.18. The van der Waals surface area contributed by atoms with Gasteiger partial charge in [-0.25, -0.2) is 12.7 Å². The summed E-state index contributed by atoms with van der Waals surface area (Å²) in [5.74, 6) is 0.0379. The predicted molar refractivity (Wildman–Crippen MR) is 54.4 cm³/mol. The van der Waals surface area contributed by atoms with Gasteiger partial charge >= 0.3 is 0 Å². The highest BCUT2D eigenvalue weighted by Crippen LogP contribution is 2.13. The number of sulfonamides is 1. The van der Waals surface area contributed by atoms with Crippen LogP contribution in [0.1, 0.15) is 13.3 Å². The third kappa shape index (κ3) is 2.91. The summed E-state index contributed by atoms with van der Waals surface area (Å²) < 4.78 is 29.9. The maximum atomic E-state index is 11.7. The van der Waals surface area contributed by atoms with Crippen molar-refractivity contribution in [2.45, 2.75) is 25.5 Å². The zero-order valence-electron chi connectivity index (χ0n) is 8.64. The molecule has 0 aliphatic carbocycles.